The Morgan fingerprint density at radius 2 is 1.66 bits per heavy atom. The smallest absolute Gasteiger partial charge is 0.352 e. The Morgan fingerprint density at radius 3 is 2.21 bits per heavy atom. The van der Waals surface area contributed by atoms with Crippen molar-refractivity contribution in [2.75, 3.05) is 13.2 Å². The molecule has 0 aliphatic heterocycles. The summed E-state index contributed by atoms with van der Waals surface area (Å²) in [5.74, 6) is 0.0276. The van der Waals surface area contributed by atoms with Gasteiger partial charge in [-0.05, 0) is 44.9 Å². The van der Waals surface area contributed by atoms with E-state index in [-0.39, 0.29) is 6.04 Å². The summed E-state index contributed by atoms with van der Waals surface area (Å²) in [6.45, 7) is 12.4. The van der Waals surface area contributed by atoms with Crippen molar-refractivity contribution in [3.05, 3.63) is 71.8 Å². The number of para-hydroxylation sites is 1. The SMILES string of the molecule is C=Cc1ccc(COc2ccccc2C(NC(C)C)P(=O)(OCC)OCC)cc1. The molecule has 158 valence electrons. The summed E-state index contributed by atoms with van der Waals surface area (Å²) >= 11 is 0. The van der Waals surface area contributed by atoms with Gasteiger partial charge in [0.15, 0.2) is 0 Å². The van der Waals surface area contributed by atoms with Crippen molar-refractivity contribution in [2.24, 2.45) is 0 Å². The van der Waals surface area contributed by atoms with E-state index in [1.165, 1.54) is 0 Å². The van der Waals surface area contributed by atoms with Gasteiger partial charge in [-0.15, -0.1) is 0 Å². The zero-order chi connectivity index (χ0) is 21.3. The fourth-order valence-electron chi connectivity index (χ4n) is 2.96. The van der Waals surface area contributed by atoms with E-state index in [9.17, 15) is 4.57 Å². The number of hydrogen-bond donors (Lipinski definition) is 1. The predicted molar refractivity (Wildman–Crippen MR) is 119 cm³/mol. The maximum Gasteiger partial charge on any atom is 0.352 e. The molecule has 29 heavy (non-hydrogen) atoms. The molecule has 2 rings (SSSR count). The van der Waals surface area contributed by atoms with E-state index in [4.69, 9.17) is 13.8 Å². The van der Waals surface area contributed by atoms with Crippen LogP contribution in [0.4, 0.5) is 0 Å². The zero-order valence-corrected chi connectivity index (χ0v) is 18.7. The third-order valence-corrected chi connectivity index (χ3v) is 6.54. The van der Waals surface area contributed by atoms with Crippen LogP contribution in [0.3, 0.4) is 0 Å². The Kier molecular flexibility index (Phi) is 9.12. The quantitative estimate of drug-likeness (QED) is 0.419. The fourth-order valence-corrected chi connectivity index (χ4v) is 5.09. The van der Waals surface area contributed by atoms with Gasteiger partial charge in [0.25, 0.3) is 0 Å². The van der Waals surface area contributed by atoms with Crippen molar-refractivity contribution in [1.29, 1.82) is 0 Å². The molecule has 0 amide bonds. The van der Waals surface area contributed by atoms with Crippen LogP contribution in [-0.4, -0.2) is 19.3 Å². The summed E-state index contributed by atoms with van der Waals surface area (Å²) in [6.07, 6.45) is 1.81. The lowest BCUT2D eigenvalue weighted by atomic mass is 10.1. The van der Waals surface area contributed by atoms with E-state index in [0.29, 0.717) is 25.6 Å². The van der Waals surface area contributed by atoms with Crippen molar-refractivity contribution in [3.63, 3.8) is 0 Å². The Bertz CT molecular complexity index is 810. The maximum absolute atomic E-state index is 13.6. The van der Waals surface area contributed by atoms with Crippen LogP contribution in [0, 0.1) is 0 Å². The molecule has 1 atom stereocenters. The molecule has 0 saturated carbocycles. The first-order valence-corrected chi connectivity index (χ1v) is 11.6. The molecule has 1 unspecified atom stereocenters. The molecular weight excluding hydrogens is 385 g/mol. The van der Waals surface area contributed by atoms with Gasteiger partial charge in [-0.25, -0.2) is 0 Å². The molecule has 0 aliphatic carbocycles. The van der Waals surface area contributed by atoms with Crippen molar-refractivity contribution in [3.8, 4) is 5.75 Å². The van der Waals surface area contributed by atoms with Crippen LogP contribution < -0.4 is 10.1 Å². The van der Waals surface area contributed by atoms with E-state index in [2.05, 4.69) is 11.9 Å². The number of ether oxygens (including phenoxy) is 1. The monoisotopic (exact) mass is 417 g/mol. The molecule has 0 heterocycles. The number of rotatable bonds is 12. The van der Waals surface area contributed by atoms with Gasteiger partial charge in [-0.3, -0.25) is 9.88 Å². The minimum absolute atomic E-state index is 0.0775. The Hall–Kier alpha value is -1.91. The van der Waals surface area contributed by atoms with Crippen LogP contribution in [0.1, 0.15) is 50.2 Å². The lowest BCUT2D eigenvalue weighted by molar-refractivity contribution is 0.204. The zero-order valence-electron chi connectivity index (χ0n) is 17.8. The minimum Gasteiger partial charge on any atom is -0.489 e. The van der Waals surface area contributed by atoms with Gasteiger partial charge in [-0.1, -0.05) is 55.1 Å². The van der Waals surface area contributed by atoms with Crippen molar-refractivity contribution in [1.82, 2.24) is 5.32 Å². The highest BCUT2D eigenvalue weighted by molar-refractivity contribution is 7.54. The van der Waals surface area contributed by atoms with Crippen molar-refractivity contribution < 1.29 is 18.3 Å². The molecule has 0 saturated heterocycles. The second kappa shape index (κ2) is 11.3. The normalized spacial score (nSPS) is 12.7. The van der Waals surface area contributed by atoms with Gasteiger partial charge < -0.3 is 13.8 Å². The molecule has 0 radical (unpaired) electrons. The molecule has 0 aromatic heterocycles. The van der Waals surface area contributed by atoms with E-state index in [0.717, 1.165) is 16.7 Å². The summed E-state index contributed by atoms with van der Waals surface area (Å²) in [7, 11) is -3.44. The molecule has 2 aromatic rings. The third kappa shape index (κ3) is 6.55. The van der Waals surface area contributed by atoms with Crippen LogP contribution >= 0.6 is 7.60 Å². The van der Waals surface area contributed by atoms with E-state index in [1.54, 1.807) is 6.08 Å². The Balaban J connectivity index is 2.33. The first-order chi connectivity index (χ1) is 13.9. The highest BCUT2D eigenvalue weighted by atomic mass is 31.2. The molecule has 0 bridgehead atoms. The molecule has 0 aliphatic rings. The highest BCUT2D eigenvalue weighted by Crippen LogP contribution is 2.61. The largest absolute Gasteiger partial charge is 0.489 e. The first-order valence-electron chi connectivity index (χ1n) is 10.0. The summed E-state index contributed by atoms with van der Waals surface area (Å²) in [4.78, 5) is 0. The molecular formula is C23H32NO4P. The molecule has 0 spiro atoms. The Morgan fingerprint density at radius 1 is 1.03 bits per heavy atom. The lowest BCUT2D eigenvalue weighted by Gasteiger charge is -2.30. The molecule has 0 fully saturated rings. The van der Waals surface area contributed by atoms with Crippen LogP contribution in [-0.2, 0) is 20.2 Å². The first kappa shape index (κ1) is 23.4. The van der Waals surface area contributed by atoms with Crippen LogP contribution in [0.5, 0.6) is 5.75 Å². The lowest BCUT2D eigenvalue weighted by Crippen LogP contribution is -2.30. The average Bonchev–Trinajstić information content (AvgIpc) is 2.71. The number of benzene rings is 2. The standard InChI is InChI=1S/C23H32NO4P/c1-6-19-13-15-20(16-14-19)17-26-22-12-10-9-11-21(22)23(24-18(4)5)29(25,27-7-2)28-8-3/h6,9-16,18,23-24H,1,7-8,17H2,2-5H3. The summed E-state index contributed by atoms with van der Waals surface area (Å²) in [5.41, 5.74) is 2.86. The second-order valence-corrected chi connectivity index (χ2v) is 8.98. The fraction of sp³-hybridized carbons (Fsp3) is 0.391. The van der Waals surface area contributed by atoms with Gasteiger partial charge in [-0.2, -0.15) is 0 Å². The average molecular weight is 417 g/mol. The van der Waals surface area contributed by atoms with Gasteiger partial charge in [0.2, 0.25) is 0 Å². The van der Waals surface area contributed by atoms with Gasteiger partial charge in [0, 0.05) is 11.6 Å². The second-order valence-electron chi connectivity index (χ2n) is 6.87. The summed E-state index contributed by atoms with van der Waals surface area (Å²) in [5, 5.41) is 3.36. The number of hydrogen-bond acceptors (Lipinski definition) is 5. The maximum atomic E-state index is 13.6. The Labute approximate surface area is 174 Å². The predicted octanol–water partition coefficient (Wildman–Crippen LogP) is 6.17. The molecule has 1 N–H and O–H groups in total. The summed E-state index contributed by atoms with van der Waals surface area (Å²) < 4.78 is 31.0. The van der Waals surface area contributed by atoms with E-state index >= 15 is 0 Å². The van der Waals surface area contributed by atoms with Crippen LogP contribution in [0.15, 0.2) is 55.1 Å². The third-order valence-electron chi connectivity index (χ3n) is 4.25. The van der Waals surface area contributed by atoms with Crippen molar-refractivity contribution in [2.45, 2.75) is 46.1 Å². The van der Waals surface area contributed by atoms with Crippen LogP contribution in [0.2, 0.25) is 0 Å². The topological polar surface area (TPSA) is 56.8 Å². The van der Waals surface area contributed by atoms with Gasteiger partial charge in [0.1, 0.15) is 18.1 Å². The number of nitrogens with one attached hydrogen (secondary N) is 1. The van der Waals surface area contributed by atoms with Crippen molar-refractivity contribution >= 4 is 13.7 Å². The van der Waals surface area contributed by atoms with Gasteiger partial charge in [0.05, 0.1) is 13.2 Å². The molecule has 2 aromatic carbocycles. The van der Waals surface area contributed by atoms with E-state index < -0.39 is 13.4 Å². The molecule has 6 heteroatoms. The minimum atomic E-state index is -3.44. The summed E-state index contributed by atoms with van der Waals surface area (Å²) in [6, 6.07) is 15.7. The van der Waals surface area contributed by atoms with Gasteiger partial charge >= 0.3 is 7.60 Å². The van der Waals surface area contributed by atoms with Crippen LogP contribution in [0.25, 0.3) is 6.08 Å². The molecule has 5 nitrogen and oxygen atoms in total. The van der Waals surface area contributed by atoms with E-state index in [1.807, 2.05) is 76.2 Å². The highest BCUT2D eigenvalue weighted by Gasteiger charge is 2.38.